The minimum Gasteiger partial charge on any atom is -0.486 e. The van der Waals surface area contributed by atoms with E-state index in [0.29, 0.717) is 56.6 Å². The number of ketones is 2. The Morgan fingerprint density at radius 3 is 2.53 bits per heavy atom. The zero-order valence-electron chi connectivity index (χ0n) is 17.5. The molecule has 4 heterocycles. The quantitative estimate of drug-likeness (QED) is 0.372. The van der Waals surface area contributed by atoms with E-state index in [1.807, 2.05) is 17.5 Å². The highest BCUT2D eigenvalue weighted by molar-refractivity contribution is 7.10. The van der Waals surface area contributed by atoms with E-state index < -0.39 is 23.7 Å². The number of amides is 1. The van der Waals surface area contributed by atoms with Gasteiger partial charge in [-0.2, -0.15) is 0 Å². The minimum absolute atomic E-state index is 0.344. The second kappa shape index (κ2) is 9.01. The van der Waals surface area contributed by atoms with Crippen LogP contribution >= 0.6 is 11.3 Å². The maximum absolute atomic E-state index is 13.5. The molecule has 2 unspecified atom stereocenters. The molecule has 8 nitrogen and oxygen atoms in total. The van der Waals surface area contributed by atoms with E-state index in [-0.39, 0.29) is 5.78 Å². The Labute approximate surface area is 189 Å². The summed E-state index contributed by atoms with van der Waals surface area (Å²) >= 11 is 1.45. The highest BCUT2D eigenvalue weighted by Crippen LogP contribution is 2.41. The molecule has 0 N–H and O–H groups in total. The second-order valence-electron chi connectivity index (χ2n) is 7.98. The van der Waals surface area contributed by atoms with Crippen LogP contribution in [0.1, 0.15) is 21.3 Å². The van der Waals surface area contributed by atoms with Crippen molar-refractivity contribution in [2.75, 3.05) is 52.6 Å². The van der Waals surface area contributed by atoms with Gasteiger partial charge in [-0.1, -0.05) is 6.07 Å². The molecule has 2 atom stereocenters. The Morgan fingerprint density at radius 1 is 1.00 bits per heavy atom. The molecule has 0 radical (unpaired) electrons. The van der Waals surface area contributed by atoms with Gasteiger partial charge in [0.25, 0.3) is 5.91 Å². The number of hydrogen-bond donors (Lipinski definition) is 0. The number of nitrogens with zero attached hydrogens (tertiary/aromatic N) is 2. The molecule has 0 aliphatic carbocycles. The van der Waals surface area contributed by atoms with Crippen LogP contribution < -0.4 is 9.47 Å². The van der Waals surface area contributed by atoms with Gasteiger partial charge < -0.3 is 19.1 Å². The van der Waals surface area contributed by atoms with Crippen molar-refractivity contribution in [2.45, 2.75) is 6.04 Å². The number of benzene rings is 1. The maximum atomic E-state index is 13.5. The zero-order valence-corrected chi connectivity index (χ0v) is 18.3. The average Bonchev–Trinajstić information content (AvgIpc) is 3.45. The first kappa shape index (κ1) is 21.1. The van der Waals surface area contributed by atoms with Crippen LogP contribution in [0, 0.1) is 5.92 Å². The predicted molar refractivity (Wildman–Crippen MR) is 116 cm³/mol. The third kappa shape index (κ3) is 3.92. The molecule has 0 bridgehead atoms. The highest BCUT2D eigenvalue weighted by Gasteiger charge is 2.52. The van der Waals surface area contributed by atoms with Crippen molar-refractivity contribution in [1.29, 1.82) is 0 Å². The van der Waals surface area contributed by atoms with Crippen LogP contribution in [0.3, 0.4) is 0 Å². The molecule has 3 aliphatic rings. The summed E-state index contributed by atoms with van der Waals surface area (Å²) in [6.45, 7) is 4.78. The molecule has 0 spiro atoms. The zero-order chi connectivity index (χ0) is 22.1. The van der Waals surface area contributed by atoms with Gasteiger partial charge in [0.2, 0.25) is 5.78 Å². The van der Waals surface area contributed by atoms with Crippen molar-refractivity contribution >= 4 is 28.8 Å². The van der Waals surface area contributed by atoms with Crippen LogP contribution in [0.25, 0.3) is 0 Å². The Balaban J connectivity index is 1.43. The van der Waals surface area contributed by atoms with E-state index in [0.717, 1.165) is 18.0 Å². The molecule has 1 aromatic heterocycles. The number of morpholine rings is 1. The number of likely N-dealkylation sites (tertiary alicyclic amines) is 1. The van der Waals surface area contributed by atoms with Crippen LogP contribution in [-0.2, 0) is 14.3 Å². The lowest BCUT2D eigenvalue weighted by molar-refractivity contribution is -0.141. The van der Waals surface area contributed by atoms with E-state index in [4.69, 9.17) is 14.2 Å². The third-order valence-electron chi connectivity index (χ3n) is 6.11. The van der Waals surface area contributed by atoms with Gasteiger partial charge in [0.05, 0.1) is 19.3 Å². The van der Waals surface area contributed by atoms with Gasteiger partial charge in [-0.3, -0.25) is 19.3 Å². The summed E-state index contributed by atoms with van der Waals surface area (Å²) in [5.41, 5.74) is 0.344. The third-order valence-corrected chi connectivity index (χ3v) is 7.05. The molecule has 2 aromatic rings. The fourth-order valence-electron chi connectivity index (χ4n) is 4.45. The van der Waals surface area contributed by atoms with Gasteiger partial charge in [-0.05, 0) is 29.6 Å². The van der Waals surface area contributed by atoms with Crippen LogP contribution in [0.2, 0.25) is 0 Å². The normalized spacial score (nSPS) is 23.6. The Kier molecular flexibility index (Phi) is 5.95. The van der Waals surface area contributed by atoms with E-state index in [2.05, 4.69) is 4.90 Å². The number of thiophene rings is 1. The van der Waals surface area contributed by atoms with Crippen molar-refractivity contribution in [2.24, 2.45) is 5.92 Å². The second-order valence-corrected chi connectivity index (χ2v) is 8.96. The number of hydrogen-bond acceptors (Lipinski definition) is 8. The molecule has 5 rings (SSSR count). The minimum atomic E-state index is -1.08. The SMILES string of the molecule is O=C1C(=O)N(CCN2CCOCC2)C(c2cccs2)C1C(=O)c1ccc2c(c1)OCCO2. The van der Waals surface area contributed by atoms with Gasteiger partial charge in [0.1, 0.15) is 19.1 Å². The summed E-state index contributed by atoms with van der Waals surface area (Å²) in [5.74, 6) is -1.63. The lowest BCUT2D eigenvalue weighted by Crippen LogP contribution is -2.42. The first-order valence-corrected chi connectivity index (χ1v) is 11.6. The van der Waals surface area contributed by atoms with Crippen molar-refractivity contribution in [3.8, 4) is 11.5 Å². The number of carbonyl (C=O) groups excluding carboxylic acids is 3. The molecule has 2 saturated heterocycles. The lowest BCUT2D eigenvalue weighted by Gasteiger charge is -2.31. The molecular formula is C23H24N2O6S. The van der Waals surface area contributed by atoms with Crippen molar-refractivity contribution in [3.63, 3.8) is 0 Å². The number of carbonyl (C=O) groups is 3. The molecule has 3 aliphatic heterocycles. The van der Waals surface area contributed by atoms with Gasteiger partial charge >= 0.3 is 0 Å². The largest absolute Gasteiger partial charge is 0.486 e. The predicted octanol–water partition coefficient (Wildman–Crippen LogP) is 1.80. The van der Waals surface area contributed by atoms with Crippen LogP contribution in [0.5, 0.6) is 11.5 Å². The Bertz CT molecular complexity index is 1020. The number of fused-ring (bicyclic) bond motifs is 1. The number of ether oxygens (including phenoxy) is 3. The summed E-state index contributed by atoms with van der Waals surface area (Å²) in [6, 6.07) is 8.08. The molecule has 32 heavy (non-hydrogen) atoms. The van der Waals surface area contributed by atoms with E-state index >= 15 is 0 Å². The fourth-order valence-corrected chi connectivity index (χ4v) is 5.33. The molecule has 2 fully saturated rings. The monoisotopic (exact) mass is 456 g/mol. The van der Waals surface area contributed by atoms with Crippen molar-refractivity contribution in [3.05, 3.63) is 46.2 Å². The maximum Gasteiger partial charge on any atom is 0.291 e. The first-order valence-electron chi connectivity index (χ1n) is 10.8. The van der Waals surface area contributed by atoms with E-state index in [1.54, 1.807) is 23.1 Å². The van der Waals surface area contributed by atoms with Crippen LogP contribution in [-0.4, -0.2) is 79.9 Å². The van der Waals surface area contributed by atoms with Gasteiger partial charge in [0.15, 0.2) is 17.3 Å². The molecule has 168 valence electrons. The van der Waals surface area contributed by atoms with Crippen molar-refractivity contribution in [1.82, 2.24) is 9.80 Å². The van der Waals surface area contributed by atoms with E-state index in [1.165, 1.54) is 11.3 Å². The average molecular weight is 457 g/mol. The summed E-state index contributed by atoms with van der Waals surface area (Å²) in [6.07, 6.45) is 0. The summed E-state index contributed by atoms with van der Waals surface area (Å²) in [4.78, 5) is 44.2. The molecule has 1 amide bonds. The Morgan fingerprint density at radius 2 is 1.78 bits per heavy atom. The topological polar surface area (TPSA) is 85.4 Å². The van der Waals surface area contributed by atoms with Gasteiger partial charge in [-0.15, -0.1) is 11.3 Å². The van der Waals surface area contributed by atoms with Crippen LogP contribution in [0.4, 0.5) is 0 Å². The number of rotatable bonds is 6. The summed E-state index contributed by atoms with van der Waals surface area (Å²) < 4.78 is 16.5. The van der Waals surface area contributed by atoms with Crippen LogP contribution in [0.15, 0.2) is 35.7 Å². The van der Waals surface area contributed by atoms with Crippen molar-refractivity contribution < 1.29 is 28.6 Å². The summed E-state index contributed by atoms with van der Waals surface area (Å²) in [7, 11) is 0. The standard InChI is InChI=1S/C23H24N2O6S/c26-21(15-3-4-16-17(14-15)31-12-11-30-16)19-20(18-2-1-13-32-18)25(23(28)22(19)27)6-5-24-7-9-29-10-8-24/h1-4,13-14,19-20H,5-12H2. The van der Waals surface area contributed by atoms with Gasteiger partial charge in [0, 0.05) is 36.6 Å². The molecule has 9 heteroatoms. The smallest absolute Gasteiger partial charge is 0.291 e. The van der Waals surface area contributed by atoms with Gasteiger partial charge in [-0.25, -0.2) is 0 Å². The molecule has 1 aromatic carbocycles. The molecule has 0 saturated carbocycles. The fraction of sp³-hybridized carbons (Fsp3) is 0.435. The Hall–Kier alpha value is -2.75. The molecular weight excluding hydrogens is 432 g/mol. The number of Topliss-reactive ketones (excluding diaryl/α,β-unsaturated/α-hetero) is 2. The summed E-state index contributed by atoms with van der Waals surface area (Å²) in [5, 5.41) is 1.90. The highest BCUT2D eigenvalue weighted by atomic mass is 32.1. The lowest BCUT2D eigenvalue weighted by atomic mass is 9.89. The van der Waals surface area contributed by atoms with E-state index in [9.17, 15) is 14.4 Å². The first-order chi connectivity index (χ1) is 15.6.